The molecule has 0 aliphatic carbocycles. The van der Waals surface area contributed by atoms with Crippen LogP contribution in [-0.2, 0) is 0 Å². The van der Waals surface area contributed by atoms with Gasteiger partial charge in [-0.15, -0.1) is 0 Å². The number of hydrogen-bond acceptors (Lipinski definition) is 3. The Labute approximate surface area is 130 Å². The largest absolute Gasteiger partial charge is 0.395 e. The molecule has 1 rings (SSSR count). The Morgan fingerprint density at radius 1 is 1.05 bits per heavy atom. The molecule has 1 atom stereocenters. The average molecular weight is 292 g/mol. The Bertz CT molecular complexity index is 351. The molecule has 0 bridgehead atoms. The third-order valence-electron chi connectivity index (χ3n) is 4.20. The lowest BCUT2D eigenvalue weighted by Gasteiger charge is -2.31. The predicted molar refractivity (Wildman–Crippen MR) is 90.5 cm³/mol. The van der Waals surface area contributed by atoms with Crippen molar-refractivity contribution in [3.05, 3.63) is 35.9 Å². The second-order valence-electron chi connectivity index (χ2n) is 5.54. The Morgan fingerprint density at radius 2 is 1.71 bits per heavy atom. The van der Waals surface area contributed by atoms with Gasteiger partial charge in [0.05, 0.1) is 6.61 Å². The molecule has 0 heterocycles. The molecule has 0 spiro atoms. The quantitative estimate of drug-likeness (QED) is 0.657. The standard InChI is InChI=1S/C18H32N2O/c1-4-17(5-2)20(14-15-21)13-12-18(19-6-3)16-10-8-7-9-11-16/h7-11,17-19,21H,4-6,12-15H2,1-3H3. The van der Waals surface area contributed by atoms with Crippen LogP contribution in [0.5, 0.6) is 0 Å². The number of aliphatic hydroxyl groups excluding tert-OH is 1. The van der Waals surface area contributed by atoms with Crippen molar-refractivity contribution >= 4 is 0 Å². The van der Waals surface area contributed by atoms with E-state index in [2.05, 4.69) is 61.3 Å². The van der Waals surface area contributed by atoms with Crippen LogP contribution in [0.25, 0.3) is 0 Å². The van der Waals surface area contributed by atoms with E-state index in [0.29, 0.717) is 12.1 Å². The fourth-order valence-corrected chi connectivity index (χ4v) is 3.02. The van der Waals surface area contributed by atoms with Crippen LogP contribution in [0, 0.1) is 0 Å². The van der Waals surface area contributed by atoms with Gasteiger partial charge in [-0.05, 0) is 31.4 Å². The number of rotatable bonds is 11. The van der Waals surface area contributed by atoms with Gasteiger partial charge in [-0.2, -0.15) is 0 Å². The number of benzene rings is 1. The van der Waals surface area contributed by atoms with E-state index < -0.39 is 0 Å². The summed E-state index contributed by atoms with van der Waals surface area (Å²) < 4.78 is 0. The lowest BCUT2D eigenvalue weighted by Crippen LogP contribution is -2.39. The minimum absolute atomic E-state index is 0.244. The smallest absolute Gasteiger partial charge is 0.0558 e. The van der Waals surface area contributed by atoms with E-state index in [1.807, 2.05) is 0 Å². The van der Waals surface area contributed by atoms with Gasteiger partial charge in [0.1, 0.15) is 0 Å². The summed E-state index contributed by atoms with van der Waals surface area (Å²) in [4.78, 5) is 2.44. The molecule has 3 nitrogen and oxygen atoms in total. The Balaban J connectivity index is 2.65. The number of nitrogens with zero attached hydrogens (tertiary/aromatic N) is 1. The summed E-state index contributed by atoms with van der Waals surface area (Å²) in [5.41, 5.74) is 1.35. The average Bonchev–Trinajstić information content (AvgIpc) is 2.53. The molecule has 0 aliphatic rings. The van der Waals surface area contributed by atoms with Crippen molar-refractivity contribution in [2.75, 3.05) is 26.2 Å². The molecule has 2 N–H and O–H groups in total. The summed E-state index contributed by atoms with van der Waals surface area (Å²) in [6.45, 7) is 9.65. The van der Waals surface area contributed by atoms with E-state index in [4.69, 9.17) is 0 Å². The van der Waals surface area contributed by atoms with Crippen LogP contribution in [0.2, 0.25) is 0 Å². The van der Waals surface area contributed by atoms with Crippen molar-refractivity contribution in [3.8, 4) is 0 Å². The maximum Gasteiger partial charge on any atom is 0.0558 e. The molecule has 1 unspecified atom stereocenters. The summed E-state index contributed by atoms with van der Waals surface area (Å²) in [5, 5.41) is 12.9. The Morgan fingerprint density at radius 3 is 2.24 bits per heavy atom. The summed E-state index contributed by atoms with van der Waals surface area (Å²) in [6, 6.07) is 11.6. The van der Waals surface area contributed by atoms with Crippen LogP contribution in [0.4, 0.5) is 0 Å². The van der Waals surface area contributed by atoms with Gasteiger partial charge in [-0.1, -0.05) is 51.1 Å². The molecule has 0 saturated heterocycles. The number of nitrogens with one attached hydrogen (secondary N) is 1. The summed E-state index contributed by atoms with van der Waals surface area (Å²) in [7, 11) is 0. The topological polar surface area (TPSA) is 35.5 Å². The molecule has 0 fully saturated rings. The second kappa shape index (κ2) is 10.8. The van der Waals surface area contributed by atoms with Crippen molar-refractivity contribution in [3.63, 3.8) is 0 Å². The summed E-state index contributed by atoms with van der Waals surface area (Å²) in [5.74, 6) is 0. The highest BCUT2D eigenvalue weighted by molar-refractivity contribution is 5.18. The SMILES string of the molecule is CCNC(CCN(CCO)C(CC)CC)c1ccccc1. The van der Waals surface area contributed by atoms with Crippen molar-refractivity contribution in [2.24, 2.45) is 0 Å². The molecule has 120 valence electrons. The molecule has 0 amide bonds. The molecule has 0 aliphatic heterocycles. The van der Waals surface area contributed by atoms with Crippen LogP contribution in [0.3, 0.4) is 0 Å². The normalized spacial score (nSPS) is 13.0. The van der Waals surface area contributed by atoms with E-state index in [9.17, 15) is 5.11 Å². The molecule has 1 aromatic rings. The van der Waals surface area contributed by atoms with Gasteiger partial charge >= 0.3 is 0 Å². The first-order chi connectivity index (χ1) is 10.3. The first-order valence-corrected chi connectivity index (χ1v) is 8.39. The van der Waals surface area contributed by atoms with Gasteiger partial charge in [0, 0.05) is 25.2 Å². The van der Waals surface area contributed by atoms with Crippen molar-refractivity contribution in [1.82, 2.24) is 10.2 Å². The molecule has 3 heteroatoms. The van der Waals surface area contributed by atoms with Crippen LogP contribution in [0.15, 0.2) is 30.3 Å². The third-order valence-corrected chi connectivity index (χ3v) is 4.20. The number of aliphatic hydroxyl groups is 1. The lowest BCUT2D eigenvalue weighted by atomic mass is 10.0. The zero-order valence-electron chi connectivity index (χ0n) is 13.9. The van der Waals surface area contributed by atoms with Gasteiger partial charge in [0.2, 0.25) is 0 Å². The molecular weight excluding hydrogens is 260 g/mol. The van der Waals surface area contributed by atoms with E-state index >= 15 is 0 Å². The minimum atomic E-state index is 0.244. The molecule has 0 radical (unpaired) electrons. The van der Waals surface area contributed by atoms with Crippen LogP contribution in [0.1, 0.15) is 51.6 Å². The van der Waals surface area contributed by atoms with E-state index in [0.717, 1.165) is 38.9 Å². The zero-order valence-corrected chi connectivity index (χ0v) is 13.9. The minimum Gasteiger partial charge on any atom is -0.395 e. The highest BCUT2D eigenvalue weighted by Crippen LogP contribution is 2.18. The van der Waals surface area contributed by atoms with E-state index in [-0.39, 0.29) is 6.61 Å². The van der Waals surface area contributed by atoms with Crippen molar-refractivity contribution < 1.29 is 5.11 Å². The fraction of sp³-hybridized carbons (Fsp3) is 0.667. The molecule has 1 aromatic carbocycles. The van der Waals surface area contributed by atoms with E-state index in [1.165, 1.54) is 5.56 Å². The van der Waals surface area contributed by atoms with Crippen LogP contribution >= 0.6 is 0 Å². The second-order valence-corrected chi connectivity index (χ2v) is 5.54. The Hall–Kier alpha value is -0.900. The van der Waals surface area contributed by atoms with Crippen LogP contribution in [-0.4, -0.2) is 42.3 Å². The Kier molecular flexibility index (Phi) is 9.31. The lowest BCUT2D eigenvalue weighted by molar-refractivity contribution is 0.138. The zero-order chi connectivity index (χ0) is 15.5. The molecule has 21 heavy (non-hydrogen) atoms. The highest BCUT2D eigenvalue weighted by atomic mass is 16.3. The summed E-state index contributed by atoms with van der Waals surface area (Å²) in [6.07, 6.45) is 3.37. The van der Waals surface area contributed by atoms with Gasteiger partial charge in [-0.25, -0.2) is 0 Å². The molecular formula is C18H32N2O. The van der Waals surface area contributed by atoms with Gasteiger partial charge in [0.15, 0.2) is 0 Å². The monoisotopic (exact) mass is 292 g/mol. The van der Waals surface area contributed by atoms with Crippen LogP contribution < -0.4 is 5.32 Å². The van der Waals surface area contributed by atoms with Crippen molar-refractivity contribution in [2.45, 2.75) is 52.1 Å². The number of hydrogen-bond donors (Lipinski definition) is 2. The molecule has 0 saturated carbocycles. The van der Waals surface area contributed by atoms with Gasteiger partial charge in [0.25, 0.3) is 0 Å². The van der Waals surface area contributed by atoms with Gasteiger partial charge in [-0.3, -0.25) is 4.90 Å². The first-order valence-electron chi connectivity index (χ1n) is 8.39. The summed E-state index contributed by atoms with van der Waals surface area (Å²) >= 11 is 0. The highest BCUT2D eigenvalue weighted by Gasteiger charge is 2.17. The maximum absolute atomic E-state index is 9.30. The first kappa shape index (κ1) is 18.1. The van der Waals surface area contributed by atoms with E-state index in [1.54, 1.807) is 0 Å². The van der Waals surface area contributed by atoms with Gasteiger partial charge < -0.3 is 10.4 Å². The van der Waals surface area contributed by atoms with Crippen molar-refractivity contribution in [1.29, 1.82) is 0 Å². The third kappa shape index (κ3) is 6.16. The molecule has 0 aromatic heterocycles. The predicted octanol–water partition coefficient (Wildman–Crippen LogP) is 3.21. The maximum atomic E-state index is 9.30. The fourth-order valence-electron chi connectivity index (χ4n) is 3.02.